The summed E-state index contributed by atoms with van der Waals surface area (Å²) < 4.78 is 7.70. The molecule has 1 N–H and O–H groups in total. The average Bonchev–Trinajstić information content (AvgIpc) is 3.40. The summed E-state index contributed by atoms with van der Waals surface area (Å²) in [6, 6.07) is 7.90. The van der Waals surface area contributed by atoms with Crippen LogP contribution >= 0.6 is 0 Å². The molecule has 1 aromatic heterocycles. The largest absolute Gasteiger partial charge is 0.390 e. The number of benzene rings is 1. The van der Waals surface area contributed by atoms with Crippen LogP contribution in [0.15, 0.2) is 24.3 Å². The first-order chi connectivity index (χ1) is 16.8. The Balaban J connectivity index is 1.24. The summed E-state index contributed by atoms with van der Waals surface area (Å²) in [6.07, 6.45) is 9.79. The monoisotopic (exact) mass is 479 g/mol. The number of Topliss-reactive ketones (excluding diaryl/α,β-unsaturated/α-hetero) is 1. The fraction of sp³-hybridized carbons (Fsp3) is 0.759. The van der Waals surface area contributed by atoms with E-state index < -0.39 is 5.60 Å². The first-order valence-electron chi connectivity index (χ1n) is 13.8. The van der Waals surface area contributed by atoms with Crippen LogP contribution in [-0.2, 0) is 16.1 Å². The third kappa shape index (κ3) is 3.61. The highest BCUT2D eigenvalue weighted by molar-refractivity contribution is 5.84. The molecule has 4 fully saturated rings. The maximum absolute atomic E-state index is 13.7. The van der Waals surface area contributed by atoms with E-state index in [0.29, 0.717) is 36.0 Å². The molecule has 6 heteroatoms. The number of carbonyl (C=O) groups is 1. The Morgan fingerprint density at radius 2 is 1.91 bits per heavy atom. The summed E-state index contributed by atoms with van der Waals surface area (Å²) in [7, 11) is 1.85. The van der Waals surface area contributed by atoms with Gasteiger partial charge in [-0.1, -0.05) is 24.3 Å². The van der Waals surface area contributed by atoms with Crippen LogP contribution in [0.5, 0.6) is 0 Å². The molecule has 0 unspecified atom stereocenters. The van der Waals surface area contributed by atoms with Crippen molar-refractivity contribution in [3.8, 4) is 0 Å². The highest BCUT2D eigenvalue weighted by Crippen LogP contribution is 2.68. The lowest BCUT2D eigenvalue weighted by Gasteiger charge is -2.62. The number of ether oxygens (including phenoxy) is 1. The second-order valence-corrected chi connectivity index (χ2v) is 12.9. The maximum atomic E-state index is 13.7. The van der Waals surface area contributed by atoms with Gasteiger partial charge in [0.05, 0.1) is 17.7 Å². The van der Waals surface area contributed by atoms with Crippen molar-refractivity contribution in [3.63, 3.8) is 0 Å². The Morgan fingerprint density at radius 3 is 2.74 bits per heavy atom. The van der Waals surface area contributed by atoms with Gasteiger partial charge in [-0.15, -0.1) is 5.10 Å². The molecule has 0 amide bonds. The minimum absolute atomic E-state index is 0.0793. The lowest BCUT2D eigenvalue weighted by molar-refractivity contribution is -0.175. The van der Waals surface area contributed by atoms with Crippen LogP contribution in [-0.4, -0.2) is 45.2 Å². The van der Waals surface area contributed by atoms with Crippen molar-refractivity contribution in [3.05, 3.63) is 24.3 Å². The van der Waals surface area contributed by atoms with Crippen molar-refractivity contribution >= 4 is 16.8 Å². The molecule has 190 valence electrons. The Hall–Kier alpha value is -1.79. The van der Waals surface area contributed by atoms with Crippen LogP contribution in [0.4, 0.5) is 0 Å². The topological polar surface area (TPSA) is 77.2 Å². The maximum Gasteiger partial charge on any atom is 0.157 e. The fourth-order valence-corrected chi connectivity index (χ4v) is 9.60. The van der Waals surface area contributed by atoms with Gasteiger partial charge in [-0.25, -0.2) is 4.68 Å². The predicted molar refractivity (Wildman–Crippen MR) is 135 cm³/mol. The molecule has 1 aromatic carbocycles. The van der Waals surface area contributed by atoms with Gasteiger partial charge in [0.15, 0.2) is 5.78 Å². The van der Waals surface area contributed by atoms with E-state index in [0.717, 1.165) is 56.2 Å². The number of ketones is 1. The Kier molecular flexibility index (Phi) is 5.65. The van der Waals surface area contributed by atoms with Crippen LogP contribution in [0, 0.1) is 40.4 Å². The summed E-state index contributed by atoms with van der Waals surface area (Å²) in [5.41, 5.74) is 1.54. The molecule has 4 saturated carbocycles. The second kappa shape index (κ2) is 8.37. The number of aliphatic hydroxyl groups is 1. The number of rotatable bonds is 5. The van der Waals surface area contributed by atoms with Crippen molar-refractivity contribution in [2.75, 3.05) is 13.7 Å². The molecule has 1 heterocycles. The summed E-state index contributed by atoms with van der Waals surface area (Å²) in [4.78, 5) is 13.7. The normalized spacial score (nSPS) is 42.9. The minimum atomic E-state index is -0.533. The molecule has 0 saturated heterocycles. The van der Waals surface area contributed by atoms with Crippen molar-refractivity contribution in [2.45, 2.75) is 83.8 Å². The van der Waals surface area contributed by atoms with Crippen molar-refractivity contribution in [1.82, 2.24) is 15.0 Å². The van der Waals surface area contributed by atoms with Gasteiger partial charge in [0.1, 0.15) is 12.1 Å². The third-order valence-corrected chi connectivity index (χ3v) is 11.2. The molecule has 4 aliphatic rings. The van der Waals surface area contributed by atoms with E-state index in [2.05, 4.69) is 17.2 Å². The molecular formula is C29H41N3O3. The number of para-hydroxylation sites is 1. The number of nitrogens with zero attached hydrogens (tertiary/aromatic N) is 3. The molecule has 6 nitrogen and oxygen atoms in total. The van der Waals surface area contributed by atoms with Gasteiger partial charge in [0.2, 0.25) is 0 Å². The first kappa shape index (κ1) is 23.6. The van der Waals surface area contributed by atoms with Crippen LogP contribution < -0.4 is 0 Å². The molecule has 6 rings (SSSR count). The second-order valence-electron chi connectivity index (χ2n) is 12.9. The third-order valence-electron chi connectivity index (χ3n) is 11.2. The van der Waals surface area contributed by atoms with Crippen LogP contribution in [0.1, 0.15) is 71.6 Å². The van der Waals surface area contributed by atoms with E-state index in [4.69, 9.17) is 4.74 Å². The van der Waals surface area contributed by atoms with Crippen molar-refractivity contribution in [1.29, 1.82) is 0 Å². The highest BCUT2D eigenvalue weighted by Gasteiger charge is 2.63. The Bertz CT molecular complexity index is 1110. The summed E-state index contributed by atoms with van der Waals surface area (Å²) in [6.45, 7) is 5.59. The number of hydrogen-bond acceptors (Lipinski definition) is 5. The van der Waals surface area contributed by atoms with Crippen molar-refractivity contribution in [2.24, 2.45) is 40.4 Å². The lowest BCUT2D eigenvalue weighted by Crippen LogP contribution is -2.58. The first-order valence-corrected chi connectivity index (χ1v) is 13.8. The molecule has 35 heavy (non-hydrogen) atoms. The number of aromatic nitrogens is 3. The van der Waals surface area contributed by atoms with E-state index in [1.54, 1.807) is 4.68 Å². The van der Waals surface area contributed by atoms with Gasteiger partial charge in [0.25, 0.3) is 0 Å². The Labute approximate surface area is 208 Å². The SMILES string of the molecule is COC[C@]12CC[C@@](C)(O)C[C@H]1CC[C@H]1[C@@H]3CC[C@H](C(=O)Cn4nnc5ccccc54)[C@@]3(C)CC[C@@H]12. The smallest absolute Gasteiger partial charge is 0.157 e. The van der Waals surface area contributed by atoms with Crippen LogP contribution in [0.3, 0.4) is 0 Å². The molecule has 0 aliphatic heterocycles. The molecule has 0 bridgehead atoms. The Morgan fingerprint density at radius 1 is 1.09 bits per heavy atom. The number of hydrogen-bond donors (Lipinski definition) is 1. The summed E-state index contributed by atoms with van der Waals surface area (Å²) in [5.74, 6) is 2.94. The van der Waals surface area contributed by atoms with Crippen LogP contribution in [0.25, 0.3) is 11.0 Å². The number of methoxy groups -OCH3 is 1. The van der Waals surface area contributed by atoms with Gasteiger partial charge in [-0.3, -0.25) is 4.79 Å². The quantitative estimate of drug-likeness (QED) is 0.650. The van der Waals surface area contributed by atoms with E-state index in [1.165, 1.54) is 19.3 Å². The predicted octanol–water partition coefficient (Wildman–Crippen LogP) is 5.04. The number of carbonyl (C=O) groups excluding carboxylic acids is 1. The number of fused-ring (bicyclic) bond motifs is 6. The van der Waals surface area contributed by atoms with Gasteiger partial charge in [-0.2, -0.15) is 0 Å². The minimum Gasteiger partial charge on any atom is -0.390 e. The van der Waals surface area contributed by atoms with Crippen LogP contribution in [0.2, 0.25) is 0 Å². The molecule has 0 radical (unpaired) electrons. The van der Waals surface area contributed by atoms with Crippen molar-refractivity contribution < 1.29 is 14.6 Å². The zero-order chi connectivity index (χ0) is 24.4. The fourth-order valence-electron chi connectivity index (χ4n) is 9.60. The molecular weight excluding hydrogens is 438 g/mol. The molecule has 0 spiro atoms. The van der Waals surface area contributed by atoms with Gasteiger partial charge < -0.3 is 9.84 Å². The van der Waals surface area contributed by atoms with E-state index in [1.807, 2.05) is 38.3 Å². The average molecular weight is 480 g/mol. The summed E-state index contributed by atoms with van der Waals surface area (Å²) >= 11 is 0. The zero-order valence-corrected chi connectivity index (χ0v) is 21.6. The van der Waals surface area contributed by atoms with E-state index in [9.17, 15) is 9.90 Å². The molecule has 8 atom stereocenters. The van der Waals surface area contributed by atoms with Gasteiger partial charge in [0, 0.05) is 13.0 Å². The lowest BCUT2D eigenvalue weighted by atomic mass is 9.43. The standard InChI is InChI=1S/C29H41N3O3/c1-27(34)14-15-29(18-35-3)19(16-27)8-9-20-21-10-11-23(28(21,2)13-12-22(20)29)26(33)17-32-25-7-5-4-6-24(25)30-31-32/h4-7,19-23,34H,8-18H2,1-3H3/t19-,20+,21+,22+,23-,27-,28+,29-/m1/s1. The van der Waals surface area contributed by atoms with Gasteiger partial charge in [-0.05, 0) is 111 Å². The highest BCUT2D eigenvalue weighted by atomic mass is 16.5. The van der Waals surface area contributed by atoms with Gasteiger partial charge >= 0.3 is 0 Å². The summed E-state index contributed by atoms with van der Waals surface area (Å²) in [5, 5.41) is 19.4. The molecule has 4 aliphatic carbocycles. The van der Waals surface area contributed by atoms with E-state index >= 15 is 0 Å². The zero-order valence-electron chi connectivity index (χ0n) is 21.6. The van der Waals surface area contributed by atoms with E-state index in [-0.39, 0.29) is 16.7 Å². The molecule has 2 aromatic rings.